The summed E-state index contributed by atoms with van der Waals surface area (Å²) < 4.78 is 5.01. The van der Waals surface area contributed by atoms with E-state index >= 15 is 0 Å². The summed E-state index contributed by atoms with van der Waals surface area (Å²) in [4.78, 5) is 35.8. The molecule has 0 radical (unpaired) electrons. The van der Waals surface area contributed by atoms with Crippen LogP contribution in [0.5, 0.6) is 0 Å². The Morgan fingerprint density at radius 1 is 1.18 bits per heavy atom. The Kier molecular flexibility index (Phi) is 7.55. The van der Waals surface area contributed by atoms with E-state index in [1.807, 2.05) is 24.3 Å². The highest BCUT2D eigenvalue weighted by Gasteiger charge is 2.18. The Hall–Kier alpha value is -3.37. The largest absolute Gasteiger partial charge is 0.451 e. The molecule has 2 N–H and O–H groups in total. The molecule has 0 fully saturated rings. The number of hydrogen-bond donors (Lipinski definition) is 2. The lowest BCUT2D eigenvalue weighted by atomic mass is 10.1. The number of esters is 1. The summed E-state index contributed by atoms with van der Waals surface area (Å²) >= 11 is 5.91. The first kappa shape index (κ1) is 20.9. The lowest BCUT2D eigenvalue weighted by Crippen LogP contribution is -2.36. The summed E-state index contributed by atoms with van der Waals surface area (Å²) in [6.07, 6.45) is -0.934. The molecular weight excluding hydrogens is 382 g/mol. The van der Waals surface area contributed by atoms with Crippen LogP contribution < -0.4 is 10.6 Å². The number of nitrogens with one attached hydrogen (secondary N) is 2. The van der Waals surface area contributed by atoms with Gasteiger partial charge in [-0.15, -0.1) is 0 Å². The maximum Gasteiger partial charge on any atom is 0.326 e. The van der Waals surface area contributed by atoms with E-state index in [-0.39, 0.29) is 29.5 Å². The topological polar surface area (TPSA) is 108 Å². The molecule has 0 heterocycles. The van der Waals surface area contributed by atoms with Gasteiger partial charge in [-0.2, -0.15) is 5.26 Å². The third-order valence-electron chi connectivity index (χ3n) is 3.67. The van der Waals surface area contributed by atoms with Crippen LogP contribution in [0, 0.1) is 11.3 Å². The molecule has 2 rings (SSSR count). The van der Waals surface area contributed by atoms with Crippen LogP contribution in [0.2, 0.25) is 5.02 Å². The van der Waals surface area contributed by atoms with Gasteiger partial charge in [-0.25, -0.2) is 0 Å². The fraction of sp³-hybridized carbons (Fsp3) is 0.200. The summed E-state index contributed by atoms with van der Waals surface area (Å²) in [7, 11) is 0. The van der Waals surface area contributed by atoms with E-state index < -0.39 is 18.0 Å². The normalized spacial score (nSPS) is 11.0. The first-order chi connectivity index (χ1) is 13.4. The van der Waals surface area contributed by atoms with Gasteiger partial charge in [-0.3, -0.25) is 14.4 Å². The second kappa shape index (κ2) is 10.1. The number of nitrogens with zero attached hydrogens (tertiary/aromatic N) is 1. The summed E-state index contributed by atoms with van der Waals surface area (Å²) in [5, 5.41) is 14.0. The highest BCUT2D eigenvalue weighted by atomic mass is 35.5. The van der Waals surface area contributed by atoms with Crippen LogP contribution in [0.3, 0.4) is 0 Å². The van der Waals surface area contributed by atoms with Gasteiger partial charge in [0, 0.05) is 5.69 Å². The van der Waals surface area contributed by atoms with Crippen molar-refractivity contribution >= 4 is 35.1 Å². The number of halogens is 1. The molecule has 0 bridgehead atoms. The molecule has 8 heteroatoms. The molecule has 144 valence electrons. The fourth-order valence-electron chi connectivity index (χ4n) is 2.23. The Morgan fingerprint density at radius 3 is 2.54 bits per heavy atom. The van der Waals surface area contributed by atoms with Crippen molar-refractivity contribution in [1.29, 1.82) is 5.26 Å². The van der Waals surface area contributed by atoms with E-state index in [9.17, 15) is 14.4 Å². The van der Waals surface area contributed by atoms with E-state index in [4.69, 9.17) is 21.6 Å². The Bertz CT molecular complexity index is 909. The minimum Gasteiger partial charge on any atom is -0.451 e. The molecule has 0 aliphatic heterocycles. The summed E-state index contributed by atoms with van der Waals surface area (Å²) in [6, 6.07) is 15.4. The smallest absolute Gasteiger partial charge is 0.326 e. The van der Waals surface area contributed by atoms with Crippen LogP contribution >= 0.6 is 11.6 Å². The van der Waals surface area contributed by atoms with Crippen LogP contribution in [0.25, 0.3) is 0 Å². The van der Waals surface area contributed by atoms with Crippen molar-refractivity contribution < 1.29 is 19.1 Å². The Labute approximate surface area is 167 Å². The molecule has 0 aromatic heterocycles. The minimum atomic E-state index is -1.08. The summed E-state index contributed by atoms with van der Waals surface area (Å²) in [6.45, 7) is 1.07. The molecule has 2 aromatic carbocycles. The van der Waals surface area contributed by atoms with Crippen molar-refractivity contribution in [3.63, 3.8) is 0 Å². The van der Waals surface area contributed by atoms with Gasteiger partial charge in [0.25, 0.3) is 5.91 Å². The number of nitriles is 1. The van der Waals surface area contributed by atoms with Crippen molar-refractivity contribution in [1.82, 2.24) is 5.32 Å². The molecule has 0 unspecified atom stereocenters. The molecule has 0 aliphatic rings. The second-order valence-corrected chi connectivity index (χ2v) is 6.27. The lowest BCUT2D eigenvalue weighted by molar-refractivity contribution is -0.152. The predicted molar refractivity (Wildman–Crippen MR) is 104 cm³/mol. The maximum absolute atomic E-state index is 12.1. The molecule has 0 aliphatic carbocycles. The number of rotatable bonds is 7. The van der Waals surface area contributed by atoms with E-state index in [0.717, 1.165) is 5.56 Å². The van der Waals surface area contributed by atoms with Gasteiger partial charge in [0.2, 0.25) is 5.91 Å². The van der Waals surface area contributed by atoms with Crippen molar-refractivity contribution in [3.05, 3.63) is 64.7 Å². The molecular formula is C20H18ClN3O4. The fourth-order valence-corrected chi connectivity index (χ4v) is 2.46. The maximum atomic E-state index is 12.1. The van der Waals surface area contributed by atoms with E-state index in [0.29, 0.717) is 5.69 Å². The van der Waals surface area contributed by atoms with Gasteiger partial charge < -0.3 is 15.4 Å². The third-order valence-corrected chi connectivity index (χ3v) is 3.98. The zero-order chi connectivity index (χ0) is 20.5. The average molecular weight is 400 g/mol. The second-order valence-electron chi connectivity index (χ2n) is 5.87. The first-order valence-electron chi connectivity index (χ1n) is 8.39. The SMILES string of the molecule is C[C@@H](OC(=O)CNC(=O)Cc1ccccc1)C(=O)Nc1ccc(C#N)c(Cl)c1. The molecule has 2 aromatic rings. The number of ether oxygens (including phenoxy) is 1. The van der Waals surface area contributed by atoms with Crippen molar-refractivity contribution in [2.24, 2.45) is 0 Å². The highest BCUT2D eigenvalue weighted by Crippen LogP contribution is 2.20. The van der Waals surface area contributed by atoms with Crippen LogP contribution in [0.15, 0.2) is 48.5 Å². The van der Waals surface area contributed by atoms with Gasteiger partial charge in [-0.1, -0.05) is 41.9 Å². The molecule has 7 nitrogen and oxygen atoms in total. The number of amides is 2. The minimum absolute atomic E-state index is 0.142. The van der Waals surface area contributed by atoms with Crippen molar-refractivity contribution in [2.75, 3.05) is 11.9 Å². The van der Waals surface area contributed by atoms with Gasteiger partial charge in [0.1, 0.15) is 12.6 Å². The number of benzene rings is 2. The molecule has 28 heavy (non-hydrogen) atoms. The van der Waals surface area contributed by atoms with E-state index in [1.54, 1.807) is 12.1 Å². The van der Waals surface area contributed by atoms with Crippen LogP contribution in [-0.4, -0.2) is 30.4 Å². The Balaban J connectivity index is 1.78. The predicted octanol–water partition coefficient (Wildman–Crippen LogP) is 2.44. The Morgan fingerprint density at radius 2 is 1.89 bits per heavy atom. The van der Waals surface area contributed by atoms with Crippen LogP contribution in [-0.2, 0) is 25.5 Å². The monoisotopic (exact) mass is 399 g/mol. The zero-order valence-corrected chi connectivity index (χ0v) is 15.8. The van der Waals surface area contributed by atoms with Gasteiger partial charge in [-0.05, 0) is 30.7 Å². The van der Waals surface area contributed by atoms with Crippen molar-refractivity contribution in [2.45, 2.75) is 19.4 Å². The first-order valence-corrected chi connectivity index (χ1v) is 8.77. The molecule has 1 atom stereocenters. The standard InChI is InChI=1S/C20H18ClN3O4/c1-13(20(27)24-16-8-7-15(11-22)17(21)10-16)28-19(26)12-23-18(25)9-14-5-3-2-4-6-14/h2-8,10,13H,9,12H2,1H3,(H,23,25)(H,24,27)/t13-/m1/s1. The van der Waals surface area contributed by atoms with E-state index in [1.165, 1.54) is 25.1 Å². The molecule has 0 spiro atoms. The van der Waals surface area contributed by atoms with Gasteiger partial charge >= 0.3 is 5.97 Å². The number of carbonyl (C=O) groups is 3. The molecule has 0 saturated carbocycles. The molecule has 2 amide bonds. The zero-order valence-electron chi connectivity index (χ0n) is 15.1. The van der Waals surface area contributed by atoms with Crippen LogP contribution in [0.1, 0.15) is 18.1 Å². The third kappa shape index (κ3) is 6.41. The lowest BCUT2D eigenvalue weighted by Gasteiger charge is -2.14. The highest BCUT2D eigenvalue weighted by molar-refractivity contribution is 6.32. The van der Waals surface area contributed by atoms with Crippen molar-refractivity contribution in [3.8, 4) is 6.07 Å². The molecule has 0 saturated heterocycles. The quantitative estimate of drug-likeness (QED) is 0.695. The average Bonchev–Trinajstić information content (AvgIpc) is 2.67. The van der Waals surface area contributed by atoms with Gasteiger partial charge in [0.15, 0.2) is 6.10 Å². The van der Waals surface area contributed by atoms with Gasteiger partial charge in [0.05, 0.1) is 17.0 Å². The number of hydrogen-bond acceptors (Lipinski definition) is 5. The van der Waals surface area contributed by atoms with E-state index in [2.05, 4.69) is 10.6 Å². The number of anilines is 1. The summed E-state index contributed by atoms with van der Waals surface area (Å²) in [5.74, 6) is -1.63. The summed E-state index contributed by atoms with van der Waals surface area (Å²) in [5.41, 5.74) is 1.47. The number of carbonyl (C=O) groups excluding carboxylic acids is 3. The van der Waals surface area contributed by atoms with Crippen LogP contribution in [0.4, 0.5) is 5.69 Å².